The van der Waals surface area contributed by atoms with Crippen LogP contribution in [0, 0.1) is 5.92 Å². The van der Waals surface area contributed by atoms with Gasteiger partial charge in [0.2, 0.25) is 0 Å². The molecular weight excluding hydrogens is 300 g/mol. The molecule has 1 heterocycles. The van der Waals surface area contributed by atoms with Crippen LogP contribution in [0.5, 0.6) is 0 Å². The number of rotatable bonds is 6. The third kappa shape index (κ3) is 3.96. The molecule has 5 nitrogen and oxygen atoms in total. The van der Waals surface area contributed by atoms with E-state index in [2.05, 4.69) is 29.2 Å². The van der Waals surface area contributed by atoms with E-state index in [0.29, 0.717) is 5.92 Å². The van der Waals surface area contributed by atoms with Gasteiger partial charge in [0.05, 0.1) is 17.3 Å². The standard InChI is InChI=1S/C19H28N4O/c1-22(2)11-12-23(14-15-7-4-3-5-8-15)19(24)17-10-6-9-16-13-20-21-18(16)17/h6,9-10,13,15H,3-5,7-8,11-12,14H2,1-2H3,(H,20,21). The lowest BCUT2D eigenvalue weighted by Gasteiger charge is -2.31. The van der Waals surface area contributed by atoms with E-state index in [-0.39, 0.29) is 5.91 Å². The van der Waals surface area contributed by atoms with Gasteiger partial charge < -0.3 is 9.80 Å². The van der Waals surface area contributed by atoms with Crippen molar-refractivity contribution < 1.29 is 4.79 Å². The van der Waals surface area contributed by atoms with Crippen LogP contribution >= 0.6 is 0 Å². The second-order valence-electron chi connectivity index (χ2n) is 7.20. The molecule has 0 atom stereocenters. The van der Waals surface area contributed by atoms with Crippen molar-refractivity contribution in [3.63, 3.8) is 0 Å². The second kappa shape index (κ2) is 7.79. The minimum atomic E-state index is 0.122. The van der Waals surface area contributed by atoms with Crippen molar-refractivity contribution in [1.29, 1.82) is 0 Å². The number of aromatic amines is 1. The van der Waals surface area contributed by atoms with E-state index in [1.54, 1.807) is 6.20 Å². The maximum atomic E-state index is 13.2. The Labute approximate surface area is 144 Å². The largest absolute Gasteiger partial charge is 0.337 e. The fourth-order valence-corrected chi connectivity index (χ4v) is 3.60. The van der Waals surface area contributed by atoms with Crippen LogP contribution in [0.2, 0.25) is 0 Å². The van der Waals surface area contributed by atoms with Crippen molar-refractivity contribution in [1.82, 2.24) is 20.0 Å². The number of fused-ring (bicyclic) bond motifs is 1. The number of benzene rings is 1. The molecule has 1 aromatic carbocycles. The fraction of sp³-hybridized carbons (Fsp3) is 0.579. The first-order valence-corrected chi connectivity index (χ1v) is 9.01. The number of H-pyrrole nitrogens is 1. The number of amides is 1. The Morgan fingerprint density at radius 3 is 2.75 bits per heavy atom. The predicted molar refractivity (Wildman–Crippen MR) is 97.1 cm³/mol. The SMILES string of the molecule is CN(C)CCN(CC1CCCCC1)C(=O)c1cccc2cn[nH]c12. The zero-order chi connectivity index (χ0) is 16.9. The first kappa shape index (κ1) is 17.0. The number of nitrogens with one attached hydrogen (secondary N) is 1. The van der Waals surface area contributed by atoms with Crippen LogP contribution in [0.15, 0.2) is 24.4 Å². The highest BCUT2D eigenvalue weighted by Gasteiger charge is 2.23. The summed E-state index contributed by atoms with van der Waals surface area (Å²) in [5, 5.41) is 8.07. The monoisotopic (exact) mass is 328 g/mol. The molecule has 1 amide bonds. The van der Waals surface area contributed by atoms with Gasteiger partial charge in [-0.3, -0.25) is 9.89 Å². The van der Waals surface area contributed by atoms with E-state index < -0.39 is 0 Å². The highest BCUT2D eigenvalue weighted by Crippen LogP contribution is 2.25. The summed E-state index contributed by atoms with van der Waals surface area (Å²) in [6.07, 6.45) is 8.22. The third-order valence-electron chi connectivity index (χ3n) is 5.01. The molecule has 1 saturated carbocycles. The molecule has 1 aliphatic rings. The minimum absolute atomic E-state index is 0.122. The van der Waals surface area contributed by atoms with Gasteiger partial charge in [0.1, 0.15) is 0 Å². The van der Waals surface area contributed by atoms with E-state index in [4.69, 9.17) is 0 Å². The smallest absolute Gasteiger partial charge is 0.256 e. The number of likely N-dealkylation sites (N-methyl/N-ethyl adjacent to an activating group) is 1. The molecule has 1 fully saturated rings. The van der Waals surface area contributed by atoms with Crippen LogP contribution in [0.25, 0.3) is 10.9 Å². The van der Waals surface area contributed by atoms with Gasteiger partial charge in [-0.05, 0) is 38.9 Å². The van der Waals surface area contributed by atoms with E-state index in [1.165, 1.54) is 32.1 Å². The summed E-state index contributed by atoms with van der Waals surface area (Å²) in [5.41, 5.74) is 1.58. The van der Waals surface area contributed by atoms with Crippen molar-refractivity contribution in [2.75, 3.05) is 33.7 Å². The van der Waals surface area contributed by atoms with Crippen LogP contribution < -0.4 is 0 Å². The maximum Gasteiger partial charge on any atom is 0.256 e. The van der Waals surface area contributed by atoms with Gasteiger partial charge >= 0.3 is 0 Å². The maximum absolute atomic E-state index is 13.2. The molecule has 5 heteroatoms. The molecule has 130 valence electrons. The second-order valence-corrected chi connectivity index (χ2v) is 7.20. The Morgan fingerprint density at radius 2 is 2.00 bits per heavy atom. The number of hydrogen-bond acceptors (Lipinski definition) is 3. The van der Waals surface area contributed by atoms with Crippen molar-refractivity contribution in [2.24, 2.45) is 5.92 Å². The van der Waals surface area contributed by atoms with E-state index in [9.17, 15) is 4.79 Å². The van der Waals surface area contributed by atoms with Gasteiger partial charge in [-0.15, -0.1) is 0 Å². The van der Waals surface area contributed by atoms with E-state index in [0.717, 1.165) is 36.1 Å². The quantitative estimate of drug-likeness (QED) is 0.886. The van der Waals surface area contributed by atoms with Crippen LogP contribution in [-0.4, -0.2) is 59.6 Å². The molecule has 3 rings (SSSR count). The summed E-state index contributed by atoms with van der Waals surface area (Å²) in [4.78, 5) is 17.4. The number of para-hydroxylation sites is 1. The highest BCUT2D eigenvalue weighted by atomic mass is 16.2. The molecule has 2 aromatic rings. The molecule has 0 radical (unpaired) electrons. The third-order valence-corrected chi connectivity index (χ3v) is 5.01. The topological polar surface area (TPSA) is 52.2 Å². The highest BCUT2D eigenvalue weighted by molar-refractivity contribution is 6.05. The predicted octanol–water partition coefficient (Wildman–Crippen LogP) is 3.15. The normalized spacial score (nSPS) is 16.0. The molecule has 0 bridgehead atoms. The molecule has 0 unspecified atom stereocenters. The number of aromatic nitrogens is 2. The molecule has 1 aromatic heterocycles. The minimum Gasteiger partial charge on any atom is -0.337 e. The summed E-state index contributed by atoms with van der Waals surface area (Å²) in [7, 11) is 4.11. The molecule has 24 heavy (non-hydrogen) atoms. The molecule has 0 spiro atoms. The van der Waals surface area contributed by atoms with Crippen LogP contribution in [-0.2, 0) is 0 Å². The van der Waals surface area contributed by atoms with Gasteiger partial charge in [-0.25, -0.2) is 0 Å². The summed E-state index contributed by atoms with van der Waals surface area (Å²) in [6, 6.07) is 5.84. The number of hydrogen-bond donors (Lipinski definition) is 1. The molecule has 1 N–H and O–H groups in total. The summed E-state index contributed by atoms with van der Waals surface area (Å²) in [5.74, 6) is 0.767. The van der Waals surface area contributed by atoms with Crippen LogP contribution in [0.1, 0.15) is 42.5 Å². The number of carbonyl (C=O) groups is 1. The van der Waals surface area contributed by atoms with Gasteiger partial charge in [0.15, 0.2) is 0 Å². The zero-order valence-corrected chi connectivity index (χ0v) is 14.8. The van der Waals surface area contributed by atoms with Crippen molar-refractivity contribution in [2.45, 2.75) is 32.1 Å². The van der Waals surface area contributed by atoms with Crippen LogP contribution in [0.4, 0.5) is 0 Å². The lowest BCUT2D eigenvalue weighted by atomic mass is 9.89. The van der Waals surface area contributed by atoms with Crippen molar-refractivity contribution >= 4 is 16.8 Å². The van der Waals surface area contributed by atoms with E-state index in [1.807, 2.05) is 23.1 Å². The number of carbonyl (C=O) groups excluding carboxylic acids is 1. The Morgan fingerprint density at radius 1 is 1.21 bits per heavy atom. The van der Waals surface area contributed by atoms with Gasteiger partial charge in [-0.2, -0.15) is 5.10 Å². The lowest BCUT2D eigenvalue weighted by molar-refractivity contribution is 0.0703. The Hall–Kier alpha value is -1.88. The first-order chi connectivity index (χ1) is 11.6. The number of nitrogens with zero attached hydrogens (tertiary/aromatic N) is 3. The Balaban J connectivity index is 1.80. The average molecular weight is 328 g/mol. The van der Waals surface area contributed by atoms with Crippen molar-refractivity contribution in [3.05, 3.63) is 30.0 Å². The van der Waals surface area contributed by atoms with Gasteiger partial charge in [0, 0.05) is 25.0 Å². The van der Waals surface area contributed by atoms with E-state index >= 15 is 0 Å². The molecule has 1 aliphatic carbocycles. The lowest BCUT2D eigenvalue weighted by Crippen LogP contribution is -2.40. The Kier molecular flexibility index (Phi) is 5.51. The summed E-state index contributed by atoms with van der Waals surface area (Å²) < 4.78 is 0. The molecular formula is C19H28N4O. The first-order valence-electron chi connectivity index (χ1n) is 9.01. The zero-order valence-electron chi connectivity index (χ0n) is 14.8. The molecule has 0 aliphatic heterocycles. The van der Waals surface area contributed by atoms with Crippen LogP contribution in [0.3, 0.4) is 0 Å². The molecule has 0 saturated heterocycles. The summed E-state index contributed by atoms with van der Waals surface area (Å²) >= 11 is 0. The van der Waals surface area contributed by atoms with Gasteiger partial charge in [0.25, 0.3) is 5.91 Å². The Bertz CT molecular complexity index is 673. The summed E-state index contributed by atoms with van der Waals surface area (Å²) in [6.45, 7) is 2.53. The van der Waals surface area contributed by atoms with Gasteiger partial charge in [-0.1, -0.05) is 31.4 Å². The average Bonchev–Trinajstić information content (AvgIpc) is 3.07. The van der Waals surface area contributed by atoms with Crippen molar-refractivity contribution in [3.8, 4) is 0 Å². The fourth-order valence-electron chi connectivity index (χ4n) is 3.60.